The monoisotopic (exact) mass is 213 g/mol. The van der Waals surface area contributed by atoms with Crippen LogP contribution in [0.2, 0.25) is 0 Å². The molecule has 76 valence electrons. The molecule has 2 rings (SSSR count). The van der Waals surface area contributed by atoms with Crippen LogP contribution in [-0.2, 0) is 9.53 Å². The summed E-state index contributed by atoms with van der Waals surface area (Å²) in [5.74, 6) is -0.307. The molecule has 0 unspecified atom stereocenters. The maximum atomic E-state index is 11.3. The van der Waals surface area contributed by atoms with Crippen molar-refractivity contribution in [2.24, 2.45) is 0 Å². The average Bonchev–Trinajstić information content (AvgIpc) is 2.60. The lowest BCUT2D eigenvalue weighted by Crippen LogP contribution is -2.15. The van der Waals surface area contributed by atoms with Crippen molar-refractivity contribution in [3.05, 3.63) is 29.8 Å². The van der Waals surface area contributed by atoms with Gasteiger partial charge in [-0.1, -0.05) is 18.2 Å². The van der Waals surface area contributed by atoms with Gasteiger partial charge in [0.25, 0.3) is 0 Å². The first-order chi connectivity index (χ1) is 6.33. The molecule has 0 aromatic heterocycles. The number of anilines is 1. The number of hydrogen-bond donors (Lipinski definition) is 1. The van der Waals surface area contributed by atoms with E-state index in [1.165, 1.54) is 7.11 Å². The molecule has 1 aromatic carbocycles. The minimum atomic E-state index is -0.169. The predicted molar refractivity (Wildman–Crippen MR) is 56.9 cm³/mol. The zero-order chi connectivity index (χ0) is 9.26. The molecule has 0 aliphatic carbocycles. The number of nitrogens with one attached hydrogen (secondary N) is 1. The third kappa shape index (κ3) is 1.68. The van der Waals surface area contributed by atoms with Gasteiger partial charge in [-0.2, -0.15) is 0 Å². The van der Waals surface area contributed by atoms with E-state index >= 15 is 0 Å². The van der Waals surface area contributed by atoms with Gasteiger partial charge in [0.2, 0.25) is 0 Å². The Hall–Kier alpha value is -1.22. The Morgan fingerprint density at radius 2 is 2.21 bits per heavy atom. The van der Waals surface area contributed by atoms with E-state index in [2.05, 4.69) is 5.32 Å². The van der Waals surface area contributed by atoms with Gasteiger partial charge >= 0.3 is 5.97 Å². The van der Waals surface area contributed by atoms with E-state index in [-0.39, 0.29) is 24.3 Å². The molecule has 0 saturated heterocycles. The molecule has 1 aliphatic rings. The fourth-order valence-electron chi connectivity index (χ4n) is 1.64. The van der Waals surface area contributed by atoms with Crippen molar-refractivity contribution < 1.29 is 9.53 Å². The third-order valence-electron chi connectivity index (χ3n) is 2.32. The highest BCUT2D eigenvalue weighted by Crippen LogP contribution is 2.31. The fourth-order valence-corrected chi connectivity index (χ4v) is 1.64. The molecule has 0 fully saturated rings. The summed E-state index contributed by atoms with van der Waals surface area (Å²) < 4.78 is 4.71. The van der Waals surface area contributed by atoms with E-state index in [4.69, 9.17) is 4.74 Å². The lowest BCUT2D eigenvalue weighted by Gasteiger charge is -2.06. The predicted octanol–water partition coefficient (Wildman–Crippen LogP) is 1.79. The van der Waals surface area contributed by atoms with Crippen LogP contribution >= 0.6 is 12.4 Å². The number of benzene rings is 1. The second kappa shape index (κ2) is 4.33. The van der Waals surface area contributed by atoms with Crippen LogP contribution in [0.1, 0.15) is 11.5 Å². The number of hydrogen-bond acceptors (Lipinski definition) is 3. The van der Waals surface area contributed by atoms with Crippen molar-refractivity contribution in [2.45, 2.75) is 5.92 Å². The van der Waals surface area contributed by atoms with Crippen LogP contribution in [-0.4, -0.2) is 19.6 Å². The molecule has 0 bridgehead atoms. The largest absolute Gasteiger partial charge is 0.468 e. The molecule has 4 heteroatoms. The summed E-state index contributed by atoms with van der Waals surface area (Å²) in [6.45, 7) is 0.645. The number of carbonyl (C=O) groups is 1. The molecule has 0 saturated carbocycles. The van der Waals surface area contributed by atoms with Gasteiger partial charge in [-0.05, 0) is 11.6 Å². The van der Waals surface area contributed by atoms with Crippen LogP contribution < -0.4 is 5.32 Å². The molecule has 1 N–H and O–H groups in total. The van der Waals surface area contributed by atoms with Crippen LogP contribution in [0, 0.1) is 0 Å². The van der Waals surface area contributed by atoms with E-state index in [0.29, 0.717) is 6.54 Å². The molecule has 1 aliphatic heterocycles. The fraction of sp³-hybridized carbons (Fsp3) is 0.300. The molecule has 1 heterocycles. The van der Waals surface area contributed by atoms with Gasteiger partial charge in [0.05, 0.1) is 7.11 Å². The first-order valence-corrected chi connectivity index (χ1v) is 4.23. The highest BCUT2D eigenvalue weighted by Gasteiger charge is 2.28. The molecule has 1 aromatic rings. The van der Waals surface area contributed by atoms with E-state index in [1.54, 1.807) is 0 Å². The molecule has 14 heavy (non-hydrogen) atoms. The Morgan fingerprint density at radius 3 is 2.93 bits per heavy atom. The minimum Gasteiger partial charge on any atom is -0.468 e. The lowest BCUT2D eigenvalue weighted by molar-refractivity contribution is -0.141. The van der Waals surface area contributed by atoms with E-state index in [9.17, 15) is 4.79 Å². The normalized spacial score (nSPS) is 17.6. The summed E-state index contributed by atoms with van der Waals surface area (Å²) in [7, 11) is 1.42. The van der Waals surface area contributed by atoms with Crippen molar-refractivity contribution in [2.75, 3.05) is 19.0 Å². The van der Waals surface area contributed by atoms with Crippen molar-refractivity contribution >= 4 is 24.1 Å². The highest BCUT2D eigenvalue weighted by atomic mass is 35.5. The smallest absolute Gasteiger partial charge is 0.315 e. The number of fused-ring (bicyclic) bond motifs is 1. The molecule has 3 nitrogen and oxygen atoms in total. The Labute approximate surface area is 88.9 Å². The van der Waals surface area contributed by atoms with E-state index in [1.807, 2.05) is 24.3 Å². The van der Waals surface area contributed by atoms with Gasteiger partial charge in [0.1, 0.15) is 5.92 Å². The highest BCUT2D eigenvalue weighted by molar-refractivity contribution is 5.85. The molecule has 0 radical (unpaired) electrons. The zero-order valence-electron chi connectivity index (χ0n) is 7.82. The first kappa shape index (κ1) is 10.9. The van der Waals surface area contributed by atoms with Gasteiger partial charge in [0.15, 0.2) is 0 Å². The molecular formula is C10H12ClNO2. The number of halogens is 1. The average molecular weight is 214 g/mol. The van der Waals surface area contributed by atoms with Crippen LogP contribution in [0.15, 0.2) is 24.3 Å². The quantitative estimate of drug-likeness (QED) is 0.723. The van der Waals surface area contributed by atoms with Gasteiger partial charge in [-0.25, -0.2) is 0 Å². The summed E-state index contributed by atoms with van der Waals surface area (Å²) in [6.07, 6.45) is 0. The van der Waals surface area contributed by atoms with Crippen LogP contribution in [0.4, 0.5) is 5.69 Å². The summed E-state index contributed by atoms with van der Waals surface area (Å²) in [4.78, 5) is 11.3. The number of para-hydroxylation sites is 1. The number of carbonyl (C=O) groups excluding carboxylic acids is 1. The summed E-state index contributed by atoms with van der Waals surface area (Å²) in [6, 6.07) is 7.81. The summed E-state index contributed by atoms with van der Waals surface area (Å²) in [5, 5.41) is 3.16. The van der Waals surface area contributed by atoms with Crippen molar-refractivity contribution in [1.29, 1.82) is 0 Å². The Kier molecular flexibility index (Phi) is 3.36. The maximum absolute atomic E-state index is 11.3. The van der Waals surface area contributed by atoms with Crippen LogP contribution in [0.25, 0.3) is 0 Å². The second-order valence-electron chi connectivity index (χ2n) is 3.04. The van der Waals surface area contributed by atoms with Gasteiger partial charge in [0, 0.05) is 12.2 Å². The standard InChI is InChI=1S/C10H11NO2.ClH/c1-13-10(12)8-6-11-9-5-3-2-4-7(8)9;/h2-5,8,11H,6H2,1H3;1H/t8-;/m1./s1. The second-order valence-corrected chi connectivity index (χ2v) is 3.04. The van der Waals surface area contributed by atoms with Crippen molar-refractivity contribution in [3.8, 4) is 0 Å². The topological polar surface area (TPSA) is 38.3 Å². The minimum absolute atomic E-state index is 0. The number of esters is 1. The zero-order valence-corrected chi connectivity index (χ0v) is 8.64. The van der Waals surface area contributed by atoms with Gasteiger partial charge in [-0.3, -0.25) is 4.79 Å². The summed E-state index contributed by atoms with van der Waals surface area (Å²) >= 11 is 0. The van der Waals surface area contributed by atoms with Crippen molar-refractivity contribution in [1.82, 2.24) is 0 Å². The first-order valence-electron chi connectivity index (χ1n) is 4.23. The maximum Gasteiger partial charge on any atom is 0.315 e. The molecule has 0 amide bonds. The van der Waals surface area contributed by atoms with E-state index in [0.717, 1.165) is 11.3 Å². The SMILES string of the molecule is COC(=O)[C@@H]1CNc2ccccc21.Cl. The number of ether oxygens (including phenoxy) is 1. The van der Waals surface area contributed by atoms with Gasteiger partial charge in [-0.15, -0.1) is 12.4 Å². The van der Waals surface area contributed by atoms with Crippen molar-refractivity contribution in [3.63, 3.8) is 0 Å². The van der Waals surface area contributed by atoms with Gasteiger partial charge < -0.3 is 10.1 Å². The number of methoxy groups -OCH3 is 1. The Balaban J connectivity index is 0.000000980. The lowest BCUT2D eigenvalue weighted by atomic mass is 10.0. The Bertz CT molecular complexity index is 341. The molecule has 1 atom stereocenters. The third-order valence-corrected chi connectivity index (χ3v) is 2.32. The number of rotatable bonds is 1. The van der Waals surface area contributed by atoms with E-state index < -0.39 is 0 Å². The Morgan fingerprint density at radius 1 is 1.50 bits per heavy atom. The summed E-state index contributed by atoms with van der Waals surface area (Å²) in [5.41, 5.74) is 2.08. The molecule has 0 spiro atoms. The van der Waals surface area contributed by atoms with Crippen LogP contribution in [0.5, 0.6) is 0 Å². The van der Waals surface area contributed by atoms with Crippen LogP contribution in [0.3, 0.4) is 0 Å². The molecular weight excluding hydrogens is 202 g/mol.